The quantitative estimate of drug-likeness (QED) is 0.775. The van der Waals surface area contributed by atoms with Crippen LogP contribution in [0.1, 0.15) is 69.3 Å². The first-order valence-corrected chi connectivity index (χ1v) is 7.57. The molecule has 5 heteroatoms. The summed E-state index contributed by atoms with van der Waals surface area (Å²) in [4.78, 5) is 4.45. The number of ether oxygens (including phenoxy) is 1. The van der Waals surface area contributed by atoms with Crippen LogP contribution in [0.2, 0.25) is 0 Å². The molecule has 0 bridgehead atoms. The monoisotopic (exact) mass is 279 g/mol. The number of nitrogens with zero attached hydrogens (tertiary/aromatic N) is 2. The van der Waals surface area contributed by atoms with Crippen molar-refractivity contribution in [2.24, 2.45) is 11.7 Å². The van der Waals surface area contributed by atoms with E-state index in [9.17, 15) is 0 Å². The molecule has 1 aliphatic rings. The Balaban J connectivity index is 2.10. The van der Waals surface area contributed by atoms with Gasteiger partial charge in [0.05, 0.1) is 6.04 Å². The average Bonchev–Trinajstić information content (AvgIpc) is 2.95. The van der Waals surface area contributed by atoms with Crippen LogP contribution in [0.5, 0.6) is 0 Å². The number of aromatic nitrogens is 2. The second kappa shape index (κ2) is 7.55. The van der Waals surface area contributed by atoms with Gasteiger partial charge in [0.15, 0.2) is 0 Å². The first-order valence-electron chi connectivity index (χ1n) is 7.57. The number of hydrogen-bond donors (Lipinski definition) is 1. The summed E-state index contributed by atoms with van der Waals surface area (Å²) < 4.78 is 11.2. The molecule has 2 N–H and O–H groups in total. The van der Waals surface area contributed by atoms with Crippen LogP contribution in [-0.2, 0) is 4.74 Å². The van der Waals surface area contributed by atoms with Gasteiger partial charge < -0.3 is 15.0 Å². The summed E-state index contributed by atoms with van der Waals surface area (Å²) in [5.74, 6) is 1.61. The van der Waals surface area contributed by atoms with Crippen LogP contribution in [0.25, 0.3) is 0 Å². The summed E-state index contributed by atoms with van der Waals surface area (Å²) in [7, 11) is 0. The number of hydrogen-bond acceptors (Lipinski definition) is 5. The lowest BCUT2D eigenvalue weighted by Crippen LogP contribution is -2.20. The maximum atomic E-state index is 5.96. The SMILES string of the molecule is C=CCC(N)c1nc(C(OCC)C2CCCCC2)no1. The predicted octanol–water partition coefficient (Wildman–Crippen LogP) is 3.30. The molecule has 1 heterocycles. The molecule has 2 atom stereocenters. The van der Waals surface area contributed by atoms with Crippen molar-refractivity contribution in [2.75, 3.05) is 6.61 Å². The van der Waals surface area contributed by atoms with Crippen molar-refractivity contribution in [1.82, 2.24) is 10.1 Å². The largest absolute Gasteiger partial charge is 0.370 e. The summed E-state index contributed by atoms with van der Waals surface area (Å²) in [6, 6.07) is -0.276. The van der Waals surface area contributed by atoms with Gasteiger partial charge in [-0.1, -0.05) is 30.5 Å². The molecule has 5 nitrogen and oxygen atoms in total. The molecule has 0 spiro atoms. The summed E-state index contributed by atoms with van der Waals surface area (Å²) >= 11 is 0. The van der Waals surface area contributed by atoms with Crippen molar-refractivity contribution in [2.45, 2.75) is 57.6 Å². The smallest absolute Gasteiger partial charge is 0.243 e. The highest BCUT2D eigenvalue weighted by atomic mass is 16.5. The summed E-state index contributed by atoms with van der Waals surface area (Å²) in [5.41, 5.74) is 5.96. The van der Waals surface area contributed by atoms with Crippen molar-refractivity contribution < 1.29 is 9.26 Å². The molecule has 1 saturated carbocycles. The molecule has 2 unspecified atom stereocenters. The zero-order valence-electron chi connectivity index (χ0n) is 12.3. The fourth-order valence-electron chi connectivity index (χ4n) is 2.83. The number of rotatable bonds is 7. The van der Waals surface area contributed by atoms with Crippen molar-refractivity contribution in [1.29, 1.82) is 0 Å². The van der Waals surface area contributed by atoms with E-state index in [0.717, 1.165) is 0 Å². The molecule has 112 valence electrons. The molecule has 0 aromatic carbocycles. The molecule has 1 fully saturated rings. The molecule has 0 radical (unpaired) electrons. The lowest BCUT2D eigenvalue weighted by Gasteiger charge is -2.27. The normalized spacial score (nSPS) is 19.7. The Labute approximate surface area is 120 Å². The third kappa shape index (κ3) is 3.67. The van der Waals surface area contributed by atoms with E-state index in [4.69, 9.17) is 15.0 Å². The van der Waals surface area contributed by atoms with Gasteiger partial charge in [0.25, 0.3) is 0 Å². The van der Waals surface area contributed by atoms with E-state index in [2.05, 4.69) is 16.7 Å². The minimum Gasteiger partial charge on any atom is -0.370 e. The second-order valence-electron chi connectivity index (χ2n) is 5.40. The van der Waals surface area contributed by atoms with Crippen LogP contribution in [0, 0.1) is 5.92 Å². The topological polar surface area (TPSA) is 74.2 Å². The summed E-state index contributed by atoms with van der Waals surface area (Å²) in [6.45, 7) is 6.33. The molecule has 0 amide bonds. The minimum atomic E-state index is -0.276. The van der Waals surface area contributed by atoms with E-state index in [0.29, 0.717) is 30.7 Å². The minimum absolute atomic E-state index is 0.0614. The van der Waals surface area contributed by atoms with Crippen LogP contribution in [0.4, 0.5) is 0 Å². The van der Waals surface area contributed by atoms with Gasteiger partial charge in [0.2, 0.25) is 11.7 Å². The van der Waals surface area contributed by atoms with E-state index in [-0.39, 0.29) is 12.1 Å². The molecule has 20 heavy (non-hydrogen) atoms. The highest BCUT2D eigenvalue weighted by Crippen LogP contribution is 2.36. The standard InChI is InChI=1S/C15H25N3O2/c1-3-8-12(16)15-17-14(18-20-15)13(19-4-2)11-9-6-5-7-10-11/h3,11-13H,1,4-10,16H2,2H3. The Morgan fingerprint density at radius 1 is 1.45 bits per heavy atom. The highest BCUT2D eigenvalue weighted by molar-refractivity contribution is 4.99. The van der Waals surface area contributed by atoms with E-state index in [1.165, 1.54) is 32.1 Å². The second-order valence-corrected chi connectivity index (χ2v) is 5.40. The van der Waals surface area contributed by atoms with E-state index < -0.39 is 0 Å². The van der Waals surface area contributed by atoms with Gasteiger partial charge >= 0.3 is 0 Å². The van der Waals surface area contributed by atoms with Crippen LogP contribution in [0.3, 0.4) is 0 Å². The van der Waals surface area contributed by atoms with Crippen molar-refractivity contribution in [3.63, 3.8) is 0 Å². The van der Waals surface area contributed by atoms with Crippen molar-refractivity contribution >= 4 is 0 Å². The van der Waals surface area contributed by atoms with Gasteiger partial charge in [0.1, 0.15) is 6.10 Å². The fourth-order valence-corrected chi connectivity index (χ4v) is 2.83. The van der Waals surface area contributed by atoms with Crippen LogP contribution in [-0.4, -0.2) is 16.7 Å². The van der Waals surface area contributed by atoms with Gasteiger partial charge in [-0.15, -0.1) is 6.58 Å². The van der Waals surface area contributed by atoms with Gasteiger partial charge in [-0.05, 0) is 32.1 Å². The Bertz CT molecular complexity index is 413. The van der Waals surface area contributed by atoms with E-state index >= 15 is 0 Å². The molecule has 2 rings (SSSR count). The summed E-state index contributed by atoms with van der Waals surface area (Å²) in [6.07, 6.45) is 8.51. The van der Waals surface area contributed by atoms with Gasteiger partial charge in [-0.25, -0.2) is 0 Å². The highest BCUT2D eigenvalue weighted by Gasteiger charge is 2.30. The summed E-state index contributed by atoms with van der Waals surface area (Å²) in [5, 5.41) is 4.09. The van der Waals surface area contributed by atoms with E-state index in [1.807, 2.05) is 6.92 Å². The van der Waals surface area contributed by atoms with Crippen LogP contribution in [0.15, 0.2) is 17.2 Å². The fraction of sp³-hybridized carbons (Fsp3) is 0.733. The lowest BCUT2D eigenvalue weighted by atomic mass is 9.85. The third-order valence-corrected chi connectivity index (χ3v) is 3.87. The number of nitrogens with two attached hydrogens (primary N) is 1. The molecule has 0 aliphatic heterocycles. The molecule has 1 aromatic rings. The maximum absolute atomic E-state index is 5.96. The molecule has 1 aromatic heterocycles. The Morgan fingerprint density at radius 3 is 2.85 bits per heavy atom. The zero-order valence-corrected chi connectivity index (χ0v) is 12.3. The zero-order chi connectivity index (χ0) is 14.4. The van der Waals surface area contributed by atoms with Crippen molar-refractivity contribution in [3.05, 3.63) is 24.4 Å². The predicted molar refractivity (Wildman–Crippen MR) is 77.0 cm³/mol. The lowest BCUT2D eigenvalue weighted by molar-refractivity contribution is -0.00145. The molecule has 0 saturated heterocycles. The van der Waals surface area contributed by atoms with Crippen LogP contribution < -0.4 is 5.73 Å². The van der Waals surface area contributed by atoms with Crippen LogP contribution >= 0.6 is 0 Å². The maximum Gasteiger partial charge on any atom is 0.243 e. The molecular weight excluding hydrogens is 254 g/mol. The van der Waals surface area contributed by atoms with Gasteiger partial charge in [-0.3, -0.25) is 0 Å². The first kappa shape index (κ1) is 15.2. The Hall–Kier alpha value is -1.20. The Kier molecular flexibility index (Phi) is 5.73. The van der Waals surface area contributed by atoms with Gasteiger partial charge in [-0.2, -0.15) is 4.98 Å². The average molecular weight is 279 g/mol. The Morgan fingerprint density at radius 2 is 2.20 bits per heavy atom. The van der Waals surface area contributed by atoms with Crippen molar-refractivity contribution in [3.8, 4) is 0 Å². The first-order chi connectivity index (χ1) is 9.76. The van der Waals surface area contributed by atoms with E-state index in [1.54, 1.807) is 6.08 Å². The van der Waals surface area contributed by atoms with Gasteiger partial charge in [0, 0.05) is 6.61 Å². The molecular formula is C15H25N3O2. The molecule has 1 aliphatic carbocycles. The third-order valence-electron chi connectivity index (χ3n) is 3.87.